The van der Waals surface area contributed by atoms with Crippen molar-refractivity contribution in [3.8, 4) is 5.75 Å². The molecule has 1 fully saturated rings. The highest BCUT2D eigenvalue weighted by atomic mass is 16.5. The zero-order valence-corrected chi connectivity index (χ0v) is 23.5. The Morgan fingerprint density at radius 2 is 1.58 bits per heavy atom. The summed E-state index contributed by atoms with van der Waals surface area (Å²) in [6, 6.07) is 18.2. The topological polar surface area (TPSA) is 66.8 Å². The van der Waals surface area contributed by atoms with E-state index in [4.69, 9.17) is 4.74 Å². The molecule has 38 heavy (non-hydrogen) atoms. The average molecular weight is 512 g/mol. The minimum Gasteiger partial charge on any atom is -0.507 e. The van der Waals surface area contributed by atoms with Crippen LogP contribution in [0.1, 0.15) is 74.0 Å². The van der Waals surface area contributed by atoms with Crippen LogP contribution in [0.2, 0.25) is 0 Å². The number of benzene rings is 3. The van der Waals surface area contributed by atoms with Gasteiger partial charge in [0.15, 0.2) is 0 Å². The van der Waals surface area contributed by atoms with Crippen molar-refractivity contribution in [1.82, 2.24) is 0 Å². The van der Waals surface area contributed by atoms with E-state index in [1.807, 2.05) is 95.3 Å². The fraction of sp³-hybridized carbons (Fsp3) is 0.333. The highest BCUT2D eigenvalue weighted by molar-refractivity contribution is 6.51. The number of aryl methyl sites for hydroxylation is 3. The van der Waals surface area contributed by atoms with Crippen molar-refractivity contribution in [2.45, 2.75) is 73.0 Å². The Labute approximate surface area is 225 Å². The molecule has 1 atom stereocenters. The van der Waals surface area contributed by atoms with E-state index in [0.717, 1.165) is 22.3 Å². The minimum absolute atomic E-state index is 0.0425. The number of nitrogens with zero attached hydrogens (tertiary/aromatic N) is 1. The predicted molar refractivity (Wildman–Crippen MR) is 153 cm³/mol. The SMILES string of the molecule is Cc1ccc(N2C(=O)C(=O)/C(=C(/O)c3cc(C(C)(C)C)ccc3C)C2c2cccc(OC(C)C)c2)cc1C. The van der Waals surface area contributed by atoms with E-state index in [2.05, 4.69) is 20.8 Å². The molecule has 1 amide bonds. The van der Waals surface area contributed by atoms with Gasteiger partial charge in [-0.25, -0.2) is 0 Å². The lowest BCUT2D eigenvalue weighted by atomic mass is 9.84. The van der Waals surface area contributed by atoms with E-state index in [1.165, 1.54) is 4.90 Å². The van der Waals surface area contributed by atoms with Crippen molar-refractivity contribution >= 4 is 23.1 Å². The van der Waals surface area contributed by atoms with Crippen LogP contribution in [-0.4, -0.2) is 22.9 Å². The molecule has 0 bridgehead atoms. The molecule has 1 aliphatic rings. The van der Waals surface area contributed by atoms with Crippen molar-refractivity contribution in [1.29, 1.82) is 0 Å². The summed E-state index contributed by atoms with van der Waals surface area (Å²) >= 11 is 0. The van der Waals surface area contributed by atoms with Crippen LogP contribution in [0.4, 0.5) is 5.69 Å². The summed E-state index contributed by atoms with van der Waals surface area (Å²) in [5.74, 6) is -0.909. The molecule has 5 nitrogen and oxygen atoms in total. The van der Waals surface area contributed by atoms with Gasteiger partial charge in [0.05, 0.1) is 17.7 Å². The second kappa shape index (κ2) is 10.1. The largest absolute Gasteiger partial charge is 0.507 e. The number of ketones is 1. The van der Waals surface area contributed by atoms with Gasteiger partial charge < -0.3 is 9.84 Å². The van der Waals surface area contributed by atoms with Crippen molar-refractivity contribution in [3.63, 3.8) is 0 Å². The van der Waals surface area contributed by atoms with Gasteiger partial charge in [-0.15, -0.1) is 0 Å². The molecule has 3 aromatic carbocycles. The zero-order valence-electron chi connectivity index (χ0n) is 23.5. The molecule has 1 saturated heterocycles. The highest BCUT2D eigenvalue weighted by Gasteiger charge is 2.47. The number of hydrogen-bond acceptors (Lipinski definition) is 4. The smallest absolute Gasteiger partial charge is 0.300 e. The van der Waals surface area contributed by atoms with Gasteiger partial charge in [0.25, 0.3) is 11.7 Å². The number of Topliss-reactive ketones (excluding diaryl/α,β-unsaturated/α-hetero) is 1. The second-order valence-corrected chi connectivity index (χ2v) is 11.5. The van der Waals surface area contributed by atoms with E-state index in [0.29, 0.717) is 22.6 Å². The van der Waals surface area contributed by atoms with Gasteiger partial charge in [-0.2, -0.15) is 0 Å². The molecule has 4 rings (SSSR count). The molecule has 0 aromatic heterocycles. The summed E-state index contributed by atoms with van der Waals surface area (Å²) in [5, 5.41) is 11.7. The lowest BCUT2D eigenvalue weighted by Crippen LogP contribution is -2.29. The number of amides is 1. The molecule has 1 N–H and O–H groups in total. The first-order valence-electron chi connectivity index (χ1n) is 13.1. The third-order valence-corrected chi connectivity index (χ3v) is 7.12. The van der Waals surface area contributed by atoms with Crippen molar-refractivity contribution in [2.24, 2.45) is 0 Å². The molecule has 1 unspecified atom stereocenters. The van der Waals surface area contributed by atoms with Crippen LogP contribution in [-0.2, 0) is 15.0 Å². The van der Waals surface area contributed by atoms with Gasteiger partial charge in [-0.1, -0.05) is 51.1 Å². The zero-order chi connectivity index (χ0) is 27.9. The minimum atomic E-state index is -0.814. The molecular weight excluding hydrogens is 474 g/mol. The molecule has 0 radical (unpaired) electrons. The molecule has 198 valence electrons. The van der Waals surface area contributed by atoms with Gasteiger partial charge in [0.2, 0.25) is 0 Å². The summed E-state index contributed by atoms with van der Waals surface area (Å²) in [6.07, 6.45) is -0.0425. The second-order valence-electron chi connectivity index (χ2n) is 11.5. The van der Waals surface area contributed by atoms with Crippen LogP contribution in [0.3, 0.4) is 0 Å². The van der Waals surface area contributed by atoms with E-state index in [-0.39, 0.29) is 22.9 Å². The summed E-state index contributed by atoms with van der Waals surface area (Å²) in [6.45, 7) is 16.1. The Bertz CT molecular complexity index is 1440. The average Bonchev–Trinajstić information content (AvgIpc) is 3.10. The first-order valence-corrected chi connectivity index (χ1v) is 13.1. The number of aliphatic hydroxyl groups excluding tert-OH is 1. The maximum absolute atomic E-state index is 13.7. The van der Waals surface area contributed by atoms with E-state index >= 15 is 0 Å². The molecule has 1 heterocycles. The van der Waals surface area contributed by atoms with Crippen LogP contribution in [0.5, 0.6) is 5.75 Å². The van der Waals surface area contributed by atoms with E-state index in [1.54, 1.807) is 0 Å². The Hall–Kier alpha value is -3.86. The van der Waals surface area contributed by atoms with E-state index < -0.39 is 17.7 Å². The van der Waals surface area contributed by atoms with Gasteiger partial charge in [-0.05, 0) is 98.2 Å². The number of anilines is 1. The molecule has 3 aromatic rings. The first kappa shape index (κ1) is 27.2. The Morgan fingerprint density at radius 1 is 0.895 bits per heavy atom. The number of hydrogen-bond donors (Lipinski definition) is 1. The maximum atomic E-state index is 13.7. The number of carbonyl (C=O) groups excluding carboxylic acids is 2. The molecular formula is C33H37NO4. The number of aliphatic hydroxyl groups is 1. The standard InChI is InChI=1S/C33H37NO4/c1-19(2)38-26-11-9-10-23(17-26)29-28(30(35)27-18-24(33(6,7)8)14-12-21(27)4)31(36)32(37)34(29)25-15-13-20(3)22(5)16-25/h9-19,29,35H,1-8H3/b30-28+. The van der Waals surface area contributed by atoms with Crippen molar-refractivity contribution in [3.05, 3.63) is 99.6 Å². The van der Waals surface area contributed by atoms with Crippen LogP contribution in [0.25, 0.3) is 5.76 Å². The van der Waals surface area contributed by atoms with Crippen LogP contribution >= 0.6 is 0 Å². The van der Waals surface area contributed by atoms with Gasteiger partial charge in [0, 0.05) is 11.3 Å². The molecule has 5 heteroatoms. The summed E-state index contributed by atoms with van der Waals surface area (Å²) in [4.78, 5) is 28.8. The monoisotopic (exact) mass is 511 g/mol. The summed E-state index contributed by atoms with van der Waals surface area (Å²) < 4.78 is 5.93. The molecule has 1 aliphatic heterocycles. The normalized spacial score (nSPS) is 17.4. The third kappa shape index (κ3) is 5.10. The first-order chi connectivity index (χ1) is 17.8. The Kier molecular flexibility index (Phi) is 7.24. The number of rotatable bonds is 5. The lowest BCUT2D eigenvalue weighted by Gasteiger charge is -2.27. The fourth-order valence-corrected chi connectivity index (χ4v) is 4.81. The highest BCUT2D eigenvalue weighted by Crippen LogP contribution is 2.44. The number of carbonyl (C=O) groups is 2. The van der Waals surface area contributed by atoms with Gasteiger partial charge >= 0.3 is 0 Å². The fourth-order valence-electron chi connectivity index (χ4n) is 4.81. The molecule has 0 aliphatic carbocycles. The van der Waals surface area contributed by atoms with Gasteiger partial charge in [-0.3, -0.25) is 14.5 Å². The van der Waals surface area contributed by atoms with Crippen molar-refractivity contribution < 1.29 is 19.4 Å². The van der Waals surface area contributed by atoms with Crippen LogP contribution in [0, 0.1) is 20.8 Å². The van der Waals surface area contributed by atoms with Crippen LogP contribution < -0.4 is 9.64 Å². The summed E-state index contributed by atoms with van der Waals surface area (Å²) in [7, 11) is 0. The number of ether oxygens (including phenoxy) is 1. The predicted octanol–water partition coefficient (Wildman–Crippen LogP) is 7.32. The Morgan fingerprint density at radius 3 is 2.21 bits per heavy atom. The lowest BCUT2D eigenvalue weighted by molar-refractivity contribution is -0.132. The maximum Gasteiger partial charge on any atom is 0.300 e. The van der Waals surface area contributed by atoms with Crippen molar-refractivity contribution in [2.75, 3.05) is 4.90 Å². The molecule has 0 saturated carbocycles. The quantitative estimate of drug-likeness (QED) is 0.221. The third-order valence-electron chi connectivity index (χ3n) is 7.12. The van der Waals surface area contributed by atoms with Gasteiger partial charge in [0.1, 0.15) is 11.5 Å². The summed E-state index contributed by atoms with van der Waals surface area (Å²) in [5.41, 5.74) is 5.70. The Balaban J connectivity index is 1.99. The van der Waals surface area contributed by atoms with E-state index in [9.17, 15) is 14.7 Å². The molecule has 0 spiro atoms. The van der Waals surface area contributed by atoms with Crippen LogP contribution in [0.15, 0.2) is 66.2 Å².